The molecule has 6 heterocycles. The first kappa shape index (κ1) is 104. The number of aliphatic hydroxyl groups excluding tert-OH is 9. The van der Waals surface area contributed by atoms with Crippen LogP contribution in [-0.2, 0) is 89.6 Å². The number of nitrogens with zero attached hydrogens (tertiary/aromatic N) is 4. The van der Waals surface area contributed by atoms with E-state index >= 15 is 0 Å². The summed E-state index contributed by atoms with van der Waals surface area (Å²) >= 11 is 0. The highest BCUT2D eigenvalue weighted by molar-refractivity contribution is 7.47. The Morgan fingerprint density at radius 3 is 1.97 bits per heavy atom. The molecular formula is C80H119N8O36P. The van der Waals surface area contributed by atoms with Gasteiger partial charge in [-0.05, 0) is 104 Å². The number of aliphatic hydroxyl groups is 10. The molecule has 27 unspecified atom stereocenters. The quantitative estimate of drug-likeness (QED) is 0.00845. The Morgan fingerprint density at radius 1 is 0.752 bits per heavy atom. The lowest BCUT2D eigenvalue weighted by Crippen LogP contribution is -2.72. The van der Waals surface area contributed by atoms with Gasteiger partial charge in [0.05, 0.1) is 55.3 Å². The molecule has 125 heavy (non-hydrogen) atoms. The maximum atomic E-state index is 14.3. The van der Waals surface area contributed by atoms with E-state index in [1.54, 1.807) is 19.9 Å². The van der Waals surface area contributed by atoms with E-state index in [0.29, 0.717) is 12.8 Å². The fourth-order valence-corrected chi connectivity index (χ4v) is 15.1. The van der Waals surface area contributed by atoms with Crippen LogP contribution < -0.4 is 22.1 Å². The highest BCUT2D eigenvalue weighted by atomic mass is 31.2. The molecule has 700 valence electrons. The molecule has 7 rings (SSSR count). The zero-order chi connectivity index (χ0) is 93.0. The van der Waals surface area contributed by atoms with Crippen molar-refractivity contribution < 1.29 is 170 Å². The van der Waals surface area contributed by atoms with Crippen molar-refractivity contribution in [3.05, 3.63) is 117 Å². The number of nitro benzene ring substituents is 1. The van der Waals surface area contributed by atoms with Crippen LogP contribution in [0, 0.1) is 15.5 Å². The lowest BCUT2D eigenvalue weighted by Gasteiger charge is -2.52. The van der Waals surface area contributed by atoms with Gasteiger partial charge in [-0.25, -0.2) is 23.8 Å². The number of rotatable bonds is 46. The lowest BCUT2D eigenvalue weighted by atomic mass is 9.84. The number of carbonyl (C=O) groups excluding carboxylic acids is 6. The first-order valence-corrected chi connectivity index (χ1v) is 41.9. The van der Waals surface area contributed by atoms with Gasteiger partial charge in [-0.3, -0.25) is 43.1 Å². The van der Waals surface area contributed by atoms with Crippen molar-refractivity contribution in [3.8, 4) is 5.69 Å². The van der Waals surface area contributed by atoms with Gasteiger partial charge in [0.1, 0.15) is 103 Å². The number of hydrogen-bond donors (Lipinski definition) is 16. The predicted octanol–water partition coefficient (Wildman–Crippen LogP) is 1.30. The second kappa shape index (κ2) is 46.7. The summed E-state index contributed by atoms with van der Waals surface area (Å²) in [6.45, 7) is 21.8. The van der Waals surface area contributed by atoms with Crippen molar-refractivity contribution >= 4 is 55.4 Å². The first-order chi connectivity index (χ1) is 58.6. The molecule has 1 aromatic carbocycles. The number of nitrogens with one attached hydrogen (secondary N) is 2. The molecule has 5 aliphatic rings. The third-order valence-electron chi connectivity index (χ3n) is 21.2. The van der Waals surface area contributed by atoms with Crippen molar-refractivity contribution in [1.29, 1.82) is 0 Å². The first-order valence-electron chi connectivity index (χ1n) is 40.4. The number of carbonyl (C=O) groups is 7. The average Bonchev–Trinajstić information content (AvgIpc) is 0.952. The Labute approximate surface area is 720 Å². The minimum absolute atomic E-state index is 0.0549. The van der Waals surface area contributed by atoms with Gasteiger partial charge >= 0.3 is 19.9 Å². The number of phosphoric acid groups is 1. The number of carboxylic acids is 1. The molecule has 18 N–H and O–H groups in total. The second-order valence-corrected chi connectivity index (χ2v) is 33.7. The number of aliphatic carboxylic acids is 1. The minimum atomic E-state index is -5.81. The molecule has 0 radical (unpaired) electrons. The Morgan fingerprint density at radius 2 is 1.36 bits per heavy atom. The SMILES string of the molecule is C=C(C/C=C(\C)CCC=C(C)C)CCC(C)(C)/C=C/CC/C(C)=C/COC(COP(=O)(O)OC1OC(C(=C)N)C(C)(O)C(OC(N)=O)C1OC1OC(COC2OC(CO)C(O)C(O)C2O)C(OC2OC(C)C(OC3OC(c4nc(C(=O)CCOC=O)nn4-c4ccc([N+](=O)[O-])cc4C(=O)CCC)C(O)C(O)C3O)C(O)C2NC(C)=O)C(O)C1NC(C)=O)C(=O)O. The number of ketones is 2. The number of ether oxygens (including phenoxy) is 12. The summed E-state index contributed by atoms with van der Waals surface area (Å²) in [5.41, 5.74) is 11.6. The van der Waals surface area contributed by atoms with Crippen LogP contribution in [0.15, 0.2) is 89.7 Å². The number of benzene rings is 1. The molecule has 0 bridgehead atoms. The molecular weight excluding hydrogens is 1680 g/mol. The van der Waals surface area contributed by atoms with Gasteiger partial charge in [-0.15, -0.1) is 5.10 Å². The van der Waals surface area contributed by atoms with E-state index in [-0.39, 0.29) is 42.6 Å². The van der Waals surface area contributed by atoms with Crippen LogP contribution in [0.3, 0.4) is 0 Å². The molecule has 45 heteroatoms. The number of non-ortho nitro benzene ring substituents is 1. The summed E-state index contributed by atoms with van der Waals surface area (Å²) in [6.07, 6.45) is -35.4. The topological polar surface area (TPSA) is 658 Å². The third-order valence-corrected chi connectivity index (χ3v) is 22.1. The summed E-state index contributed by atoms with van der Waals surface area (Å²) in [6, 6.07) is -1.09. The fourth-order valence-electron chi connectivity index (χ4n) is 14.3. The van der Waals surface area contributed by atoms with Crippen LogP contribution in [0.1, 0.15) is 173 Å². The number of hydrogen-bond acceptors (Lipinski definition) is 37. The van der Waals surface area contributed by atoms with E-state index in [0.717, 1.165) is 86.9 Å². The number of Topliss-reactive ketones (excluding diaryl/α,β-unsaturated/α-hetero) is 2. The molecule has 5 saturated heterocycles. The van der Waals surface area contributed by atoms with E-state index < -0.39 is 263 Å². The standard InChI is InChI=1S/C80H119N8O36P/c1-14-18-49(93)47-33-46(88(107)108)24-25-48(47)87-71(85-70(86-87)50(94)28-31-111-37-90)66-61(100)60(99)63(102)76(120-66)118-64-43(8)115-73(54(57(64)96)83-44(9)91)119-65-52(35-113-75-62(101)59(98)56(95)51(34-89)116-75)117-74(55(58(65)97)84-45(10)92)121-67-69(123-78(82)105)80(13,106)68(42(7)81)122-77(67)124-125(109,110)114-36-53(72(103)104)112-32-27-40(5)20-15-16-29-79(11,12)30-26-41(6)23-22-39(4)21-17-19-38(2)3/h16,19,22,24-25,27,29,33,37,43,51-69,73-77,89,95-102,106H,6-7,14-15,17-18,20-21,23,26,28,30-32,34-36,81H2,1-5,8-13H3,(H2,82,105)(H,83,91)(H,84,92)(H,103,104)(H,109,110)/b29-16+,39-22+,40-27+. The van der Waals surface area contributed by atoms with Gasteiger partial charge in [0.25, 0.3) is 12.2 Å². The number of amides is 3. The number of carboxylic acid groups (broad SMARTS) is 1. The molecule has 44 nitrogen and oxygen atoms in total. The number of nitro groups is 1. The van der Waals surface area contributed by atoms with Crippen molar-refractivity contribution in [2.45, 2.75) is 299 Å². The molecule has 3 amide bonds. The second-order valence-electron chi connectivity index (χ2n) is 32.3. The summed E-state index contributed by atoms with van der Waals surface area (Å²) in [5.74, 6) is -6.50. The smallest absolute Gasteiger partial charge is 0.474 e. The third kappa shape index (κ3) is 28.4. The van der Waals surface area contributed by atoms with E-state index in [1.807, 2.05) is 6.08 Å². The van der Waals surface area contributed by atoms with Crippen LogP contribution in [0.4, 0.5) is 10.5 Å². The van der Waals surface area contributed by atoms with E-state index in [4.69, 9.17) is 72.6 Å². The number of phosphoric ester groups is 1. The fraction of sp³-hybridized carbons (Fsp3) is 0.662. The molecule has 5 aliphatic heterocycles. The number of primary amides is 1. The largest absolute Gasteiger partial charge is 0.479 e. The molecule has 0 spiro atoms. The van der Waals surface area contributed by atoms with Gasteiger partial charge in [-0.2, -0.15) is 0 Å². The molecule has 2 aromatic rings. The highest BCUT2D eigenvalue weighted by Gasteiger charge is 2.62. The van der Waals surface area contributed by atoms with Crippen LogP contribution in [0.5, 0.6) is 0 Å². The summed E-state index contributed by atoms with van der Waals surface area (Å²) in [5, 5.41) is 147. The zero-order valence-corrected chi connectivity index (χ0v) is 72.1. The summed E-state index contributed by atoms with van der Waals surface area (Å²) in [4.78, 5) is 118. The van der Waals surface area contributed by atoms with Gasteiger partial charge in [0.2, 0.25) is 23.4 Å². The van der Waals surface area contributed by atoms with Crippen molar-refractivity contribution in [1.82, 2.24) is 25.4 Å². The molecule has 0 aliphatic carbocycles. The Kier molecular flexibility index (Phi) is 38.8. The Bertz CT molecular complexity index is 4230. The molecule has 1 aromatic heterocycles. The van der Waals surface area contributed by atoms with Crippen LogP contribution in [0.25, 0.3) is 5.69 Å². The summed E-state index contributed by atoms with van der Waals surface area (Å²) in [7, 11) is -5.81. The van der Waals surface area contributed by atoms with Gasteiger partial charge in [-0.1, -0.05) is 86.6 Å². The van der Waals surface area contributed by atoms with Crippen LogP contribution in [-0.4, -0.2) is 309 Å². The van der Waals surface area contributed by atoms with Crippen LogP contribution in [0.2, 0.25) is 0 Å². The van der Waals surface area contributed by atoms with Crippen molar-refractivity contribution in [2.24, 2.45) is 16.9 Å². The van der Waals surface area contributed by atoms with Gasteiger partial charge in [0.15, 0.2) is 61.4 Å². The number of allylic oxidation sites excluding steroid dienone is 8. The maximum Gasteiger partial charge on any atom is 0.474 e. The van der Waals surface area contributed by atoms with E-state index in [2.05, 4.69) is 91.5 Å². The van der Waals surface area contributed by atoms with Gasteiger partial charge in [0, 0.05) is 44.5 Å². The van der Waals surface area contributed by atoms with E-state index in [9.17, 15) is 109 Å². The predicted molar refractivity (Wildman–Crippen MR) is 431 cm³/mol. The Hall–Kier alpha value is -8.20. The minimum Gasteiger partial charge on any atom is -0.479 e. The molecule has 0 saturated carbocycles. The summed E-state index contributed by atoms with van der Waals surface area (Å²) < 4.78 is 96.7. The lowest BCUT2D eigenvalue weighted by molar-refractivity contribution is -0.384. The zero-order valence-electron chi connectivity index (χ0n) is 71.2. The normalized spacial score (nSPS) is 31.8. The molecule has 27 atom stereocenters. The molecule has 5 fully saturated rings. The Balaban J connectivity index is 1.17. The monoisotopic (exact) mass is 1800 g/mol. The number of nitrogens with two attached hydrogens (primary N) is 2. The van der Waals surface area contributed by atoms with Gasteiger partial charge < -0.3 is 140 Å². The average molecular weight is 1800 g/mol. The van der Waals surface area contributed by atoms with Crippen molar-refractivity contribution in [3.63, 3.8) is 0 Å². The van der Waals surface area contributed by atoms with Crippen LogP contribution >= 0.6 is 7.82 Å². The highest BCUT2D eigenvalue weighted by Crippen LogP contribution is 2.50. The number of aromatic nitrogens is 3. The van der Waals surface area contributed by atoms with E-state index in [1.165, 1.54) is 18.1 Å². The van der Waals surface area contributed by atoms with Crippen molar-refractivity contribution in [2.75, 3.05) is 33.0 Å². The maximum absolute atomic E-state index is 14.3.